The molecule has 2 aromatic rings. The summed E-state index contributed by atoms with van der Waals surface area (Å²) in [5, 5.41) is 4.22. The maximum Gasteiger partial charge on any atom is 0.131 e. The van der Waals surface area contributed by atoms with Gasteiger partial charge < -0.3 is 9.47 Å². The molecule has 3 heteroatoms. The van der Waals surface area contributed by atoms with E-state index in [9.17, 15) is 0 Å². The van der Waals surface area contributed by atoms with Crippen LogP contribution in [-0.2, 0) is 6.42 Å². The first-order chi connectivity index (χ1) is 8.28. The average Bonchev–Trinajstić information content (AvgIpc) is 2.94. The number of benzene rings is 1. The van der Waals surface area contributed by atoms with Gasteiger partial charge in [0.05, 0.1) is 7.11 Å². The molecule has 1 unspecified atom stereocenters. The van der Waals surface area contributed by atoms with E-state index in [0.717, 1.165) is 23.5 Å². The molecule has 0 bridgehead atoms. The van der Waals surface area contributed by atoms with Crippen LogP contribution in [0.1, 0.15) is 12.5 Å². The van der Waals surface area contributed by atoms with Crippen LogP contribution in [0.4, 0.5) is 0 Å². The molecule has 0 saturated heterocycles. The second-order valence-electron chi connectivity index (χ2n) is 4.31. The van der Waals surface area contributed by atoms with Gasteiger partial charge in [0.2, 0.25) is 0 Å². The molecule has 17 heavy (non-hydrogen) atoms. The van der Waals surface area contributed by atoms with Crippen molar-refractivity contribution in [1.82, 2.24) is 0 Å². The van der Waals surface area contributed by atoms with Gasteiger partial charge in [-0.15, -0.1) is 0 Å². The standard InChI is InChI=1S/C14H14O2S/c1-9-5-11-6-12(15-2)7-13(14(11)16-9)10-3-4-17-8-10/h3-4,6-9H,5H2,1-2H3. The van der Waals surface area contributed by atoms with E-state index in [1.165, 1.54) is 11.1 Å². The molecule has 1 aromatic heterocycles. The van der Waals surface area contributed by atoms with Crippen LogP contribution in [0.15, 0.2) is 29.0 Å². The summed E-state index contributed by atoms with van der Waals surface area (Å²) in [4.78, 5) is 0. The smallest absolute Gasteiger partial charge is 0.131 e. The van der Waals surface area contributed by atoms with Crippen LogP contribution < -0.4 is 9.47 Å². The molecular formula is C14H14O2S. The number of hydrogen-bond acceptors (Lipinski definition) is 3. The zero-order valence-corrected chi connectivity index (χ0v) is 10.7. The molecule has 3 rings (SSSR count). The first-order valence-electron chi connectivity index (χ1n) is 5.68. The lowest BCUT2D eigenvalue weighted by atomic mass is 10.0. The first kappa shape index (κ1) is 10.7. The number of hydrogen-bond donors (Lipinski definition) is 0. The van der Waals surface area contributed by atoms with Crippen LogP contribution in [0.5, 0.6) is 11.5 Å². The van der Waals surface area contributed by atoms with Crippen molar-refractivity contribution >= 4 is 11.3 Å². The average molecular weight is 246 g/mol. The molecule has 0 aliphatic carbocycles. The topological polar surface area (TPSA) is 18.5 Å². The van der Waals surface area contributed by atoms with Gasteiger partial charge in [0, 0.05) is 17.5 Å². The molecular weight excluding hydrogens is 232 g/mol. The van der Waals surface area contributed by atoms with Crippen LogP contribution in [0.3, 0.4) is 0 Å². The second kappa shape index (κ2) is 4.08. The Morgan fingerprint density at radius 2 is 2.29 bits per heavy atom. The summed E-state index contributed by atoms with van der Waals surface area (Å²) in [6.45, 7) is 2.10. The van der Waals surface area contributed by atoms with Crippen LogP contribution in [0.2, 0.25) is 0 Å². The normalized spacial score (nSPS) is 17.6. The predicted molar refractivity (Wildman–Crippen MR) is 70.1 cm³/mol. The van der Waals surface area contributed by atoms with Crippen LogP contribution in [0, 0.1) is 0 Å². The van der Waals surface area contributed by atoms with Gasteiger partial charge in [0.25, 0.3) is 0 Å². The Labute approximate surface area is 105 Å². The van der Waals surface area contributed by atoms with E-state index < -0.39 is 0 Å². The van der Waals surface area contributed by atoms with Crippen molar-refractivity contribution in [3.8, 4) is 22.6 Å². The van der Waals surface area contributed by atoms with Crippen molar-refractivity contribution in [2.45, 2.75) is 19.4 Å². The number of rotatable bonds is 2. The molecule has 0 amide bonds. The highest BCUT2D eigenvalue weighted by Gasteiger charge is 2.24. The van der Waals surface area contributed by atoms with Crippen molar-refractivity contribution in [1.29, 1.82) is 0 Å². The molecule has 1 aliphatic heterocycles. The van der Waals surface area contributed by atoms with Crippen molar-refractivity contribution in [2.75, 3.05) is 7.11 Å². The molecule has 2 nitrogen and oxygen atoms in total. The molecule has 0 spiro atoms. The fourth-order valence-electron chi connectivity index (χ4n) is 2.25. The summed E-state index contributed by atoms with van der Waals surface area (Å²) in [7, 11) is 1.71. The van der Waals surface area contributed by atoms with Gasteiger partial charge >= 0.3 is 0 Å². The minimum absolute atomic E-state index is 0.259. The summed E-state index contributed by atoms with van der Waals surface area (Å²) < 4.78 is 11.3. The Bertz CT molecular complexity index is 531. The first-order valence-corrected chi connectivity index (χ1v) is 6.62. The maximum atomic E-state index is 5.91. The van der Waals surface area contributed by atoms with E-state index in [-0.39, 0.29) is 6.10 Å². The molecule has 88 valence electrons. The van der Waals surface area contributed by atoms with Gasteiger partial charge in [0.1, 0.15) is 17.6 Å². The molecule has 0 fully saturated rings. The van der Waals surface area contributed by atoms with Crippen LogP contribution in [0.25, 0.3) is 11.1 Å². The third-order valence-corrected chi connectivity index (χ3v) is 3.72. The second-order valence-corrected chi connectivity index (χ2v) is 5.09. The molecule has 1 aliphatic rings. The van der Waals surface area contributed by atoms with E-state index in [0.29, 0.717) is 0 Å². The fraction of sp³-hybridized carbons (Fsp3) is 0.286. The third-order valence-electron chi connectivity index (χ3n) is 3.03. The van der Waals surface area contributed by atoms with Gasteiger partial charge in [-0.25, -0.2) is 0 Å². The lowest BCUT2D eigenvalue weighted by molar-refractivity contribution is 0.255. The Morgan fingerprint density at radius 1 is 1.41 bits per heavy atom. The summed E-state index contributed by atoms with van der Waals surface area (Å²) in [6, 6.07) is 6.25. The number of fused-ring (bicyclic) bond motifs is 1. The monoisotopic (exact) mass is 246 g/mol. The largest absolute Gasteiger partial charge is 0.497 e. The molecule has 0 radical (unpaired) electrons. The van der Waals surface area contributed by atoms with E-state index >= 15 is 0 Å². The zero-order valence-electron chi connectivity index (χ0n) is 9.90. The maximum absolute atomic E-state index is 5.91. The van der Waals surface area contributed by atoms with Crippen molar-refractivity contribution in [3.63, 3.8) is 0 Å². The van der Waals surface area contributed by atoms with Gasteiger partial charge in [-0.1, -0.05) is 0 Å². The molecule has 0 saturated carbocycles. The summed E-state index contributed by atoms with van der Waals surface area (Å²) in [6.07, 6.45) is 1.22. The van der Waals surface area contributed by atoms with Gasteiger partial charge in [-0.2, -0.15) is 11.3 Å². The van der Waals surface area contributed by atoms with Crippen molar-refractivity contribution in [2.24, 2.45) is 0 Å². The highest BCUT2D eigenvalue weighted by Crippen LogP contribution is 2.42. The van der Waals surface area contributed by atoms with E-state index in [2.05, 4.69) is 35.9 Å². The third kappa shape index (κ3) is 1.80. The van der Waals surface area contributed by atoms with Gasteiger partial charge in [-0.05, 0) is 41.4 Å². The molecule has 0 N–H and O–H groups in total. The zero-order chi connectivity index (χ0) is 11.8. The summed E-state index contributed by atoms with van der Waals surface area (Å²) in [5.74, 6) is 1.93. The fourth-order valence-corrected chi connectivity index (χ4v) is 2.91. The van der Waals surface area contributed by atoms with E-state index in [1.54, 1.807) is 18.4 Å². The quantitative estimate of drug-likeness (QED) is 0.803. The Kier molecular flexibility index (Phi) is 2.56. The molecule has 1 atom stereocenters. The summed E-state index contributed by atoms with van der Waals surface area (Å²) in [5.41, 5.74) is 3.60. The highest BCUT2D eigenvalue weighted by atomic mass is 32.1. The Hall–Kier alpha value is -1.48. The summed E-state index contributed by atoms with van der Waals surface area (Å²) >= 11 is 1.70. The molecule has 2 heterocycles. The Balaban J connectivity index is 2.17. The number of methoxy groups -OCH3 is 1. The molecule has 1 aromatic carbocycles. The lowest BCUT2D eigenvalue weighted by Gasteiger charge is -2.10. The van der Waals surface area contributed by atoms with Crippen molar-refractivity contribution < 1.29 is 9.47 Å². The minimum atomic E-state index is 0.259. The predicted octanol–water partition coefficient (Wildman–Crippen LogP) is 3.75. The lowest BCUT2D eigenvalue weighted by Crippen LogP contribution is -2.05. The van der Waals surface area contributed by atoms with E-state index in [1.807, 2.05) is 0 Å². The SMILES string of the molecule is COc1cc2c(c(-c3ccsc3)c1)OC(C)C2. The van der Waals surface area contributed by atoms with Crippen LogP contribution >= 0.6 is 11.3 Å². The Morgan fingerprint density at radius 3 is 3.00 bits per heavy atom. The number of thiophene rings is 1. The minimum Gasteiger partial charge on any atom is -0.497 e. The van der Waals surface area contributed by atoms with Gasteiger partial charge in [0.15, 0.2) is 0 Å². The van der Waals surface area contributed by atoms with Gasteiger partial charge in [-0.3, -0.25) is 0 Å². The van der Waals surface area contributed by atoms with E-state index in [4.69, 9.17) is 9.47 Å². The highest BCUT2D eigenvalue weighted by molar-refractivity contribution is 7.08. The van der Waals surface area contributed by atoms with Crippen molar-refractivity contribution in [3.05, 3.63) is 34.5 Å². The number of ether oxygens (including phenoxy) is 2. The van der Waals surface area contributed by atoms with Crippen LogP contribution in [-0.4, -0.2) is 13.2 Å².